The molecule has 0 aliphatic heterocycles. The van der Waals surface area contributed by atoms with Crippen molar-refractivity contribution in [3.05, 3.63) is 58.8 Å². The van der Waals surface area contributed by atoms with Crippen LogP contribution in [-0.4, -0.2) is 16.8 Å². The first kappa shape index (κ1) is 13.7. The molecule has 20 heavy (non-hydrogen) atoms. The van der Waals surface area contributed by atoms with E-state index in [1.807, 2.05) is 19.9 Å². The maximum absolute atomic E-state index is 12.1. The predicted molar refractivity (Wildman–Crippen MR) is 76.6 cm³/mol. The molecule has 0 atom stereocenters. The summed E-state index contributed by atoms with van der Waals surface area (Å²) in [5.41, 5.74) is 7.69. The number of anilines is 1. The topological polar surface area (TPSA) is 85.1 Å². The molecule has 2 rings (SSSR count). The lowest BCUT2D eigenvalue weighted by molar-refractivity contribution is 0.1000. The minimum absolute atomic E-state index is 0.297. The first-order valence-corrected chi connectivity index (χ1v) is 6.12. The van der Waals surface area contributed by atoms with Gasteiger partial charge in [-0.2, -0.15) is 0 Å². The molecule has 0 aliphatic carbocycles. The van der Waals surface area contributed by atoms with Crippen LogP contribution in [0.25, 0.3) is 0 Å². The Hall–Kier alpha value is -2.69. The van der Waals surface area contributed by atoms with Crippen LogP contribution in [0.15, 0.2) is 36.4 Å². The molecule has 2 aromatic rings. The van der Waals surface area contributed by atoms with Crippen LogP contribution < -0.4 is 11.1 Å². The van der Waals surface area contributed by atoms with Crippen LogP contribution in [0, 0.1) is 13.8 Å². The van der Waals surface area contributed by atoms with E-state index in [2.05, 4.69) is 10.3 Å². The van der Waals surface area contributed by atoms with Crippen molar-refractivity contribution in [1.82, 2.24) is 4.98 Å². The Kier molecular flexibility index (Phi) is 3.79. The van der Waals surface area contributed by atoms with Gasteiger partial charge in [-0.05, 0) is 49.7 Å². The van der Waals surface area contributed by atoms with Gasteiger partial charge in [0, 0.05) is 16.8 Å². The molecular formula is C15H15N3O2. The number of pyridine rings is 1. The van der Waals surface area contributed by atoms with Crippen LogP contribution in [0.2, 0.25) is 0 Å². The van der Waals surface area contributed by atoms with Gasteiger partial charge in [0.15, 0.2) is 0 Å². The Labute approximate surface area is 116 Å². The Balaban J connectivity index is 2.23. The summed E-state index contributed by atoms with van der Waals surface area (Å²) in [5.74, 6) is -0.410. The van der Waals surface area contributed by atoms with E-state index >= 15 is 0 Å². The zero-order valence-corrected chi connectivity index (χ0v) is 11.3. The molecule has 5 nitrogen and oxygen atoms in total. The number of amides is 2. The van der Waals surface area contributed by atoms with Gasteiger partial charge < -0.3 is 11.1 Å². The molecular weight excluding hydrogens is 254 g/mol. The largest absolute Gasteiger partial charge is 0.366 e. The van der Waals surface area contributed by atoms with Gasteiger partial charge >= 0.3 is 0 Å². The normalized spacial score (nSPS) is 10.1. The average molecular weight is 269 g/mol. The van der Waals surface area contributed by atoms with Crippen LogP contribution in [-0.2, 0) is 0 Å². The molecule has 102 valence electrons. The fourth-order valence-corrected chi connectivity index (χ4v) is 1.91. The summed E-state index contributed by atoms with van der Waals surface area (Å²) >= 11 is 0. The van der Waals surface area contributed by atoms with Crippen molar-refractivity contribution in [2.45, 2.75) is 13.8 Å². The SMILES string of the molecule is Cc1cc(C)nc(NC(=O)c2cccc(C(N)=O)c2)c1. The van der Waals surface area contributed by atoms with Gasteiger partial charge in [0.25, 0.3) is 5.91 Å². The van der Waals surface area contributed by atoms with E-state index in [1.165, 1.54) is 6.07 Å². The molecule has 3 N–H and O–H groups in total. The third-order valence-corrected chi connectivity index (χ3v) is 2.75. The van der Waals surface area contributed by atoms with Crippen molar-refractivity contribution in [3.8, 4) is 0 Å². The van der Waals surface area contributed by atoms with Crippen molar-refractivity contribution in [2.75, 3.05) is 5.32 Å². The van der Waals surface area contributed by atoms with Gasteiger partial charge in [-0.1, -0.05) is 6.07 Å². The van der Waals surface area contributed by atoms with E-state index in [-0.39, 0.29) is 5.91 Å². The number of primary amides is 1. The highest BCUT2D eigenvalue weighted by atomic mass is 16.2. The molecule has 0 bridgehead atoms. The van der Waals surface area contributed by atoms with Gasteiger partial charge in [0.05, 0.1) is 0 Å². The molecule has 0 radical (unpaired) electrons. The molecule has 0 spiro atoms. The highest BCUT2D eigenvalue weighted by molar-refractivity contribution is 6.05. The van der Waals surface area contributed by atoms with Gasteiger partial charge in [-0.15, -0.1) is 0 Å². The lowest BCUT2D eigenvalue weighted by atomic mass is 10.1. The summed E-state index contributed by atoms with van der Waals surface area (Å²) < 4.78 is 0. The second-order valence-electron chi connectivity index (χ2n) is 4.57. The number of nitrogens with two attached hydrogens (primary N) is 1. The van der Waals surface area contributed by atoms with E-state index in [1.54, 1.807) is 24.3 Å². The monoisotopic (exact) mass is 269 g/mol. The lowest BCUT2D eigenvalue weighted by Gasteiger charge is -2.07. The number of benzene rings is 1. The molecule has 1 aromatic carbocycles. The average Bonchev–Trinajstić information content (AvgIpc) is 2.37. The summed E-state index contributed by atoms with van der Waals surface area (Å²) in [6.45, 7) is 3.79. The molecule has 2 amide bonds. The van der Waals surface area contributed by atoms with Gasteiger partial charge in [-0.25, -0.2) is 4.98 Å². The molecule has 1 aromatic heterocycles. The first-order chi connectivity index (χ1) is 9.45. The molecule has 0 aliphatic rings. The number of hydrogen-bond acceptors (Lipinski definition) is 3. The number of aromatic nitrogens is 1. The second-order valence-corrected chi connectivity index (χ2v) is 4.57. The van der Waals surface area contributed by atoms with Crippen LogP contribution in [0.1, 0.15) is 32.0 Å². The van der Waals surface area contributed by atoms with E-state index in [0.29, 0.717) is 16.9 Å². The first-order valence-electron chi connectivity index (χ1n) is 6.12. The van der Waals surface area contributed by atoms with Crippen molar-refractivity contribution in [3.63, 3.8) is 0 Å². The van der Waals surface area contributed by atoms with Gasteiger partial charge in [0.1, 0.15) is 5.82 Å². The van der Waals surface area contributed by atoms with E-state index in [0.717, 1.165) is 11.3 Å². The summed E-state index contributed by atoms with van der Waals surface area (Å²) in [6.07, 6.45) is 0. The molecule has 5 heteroatoms. The summed E-state index contributed by atoms with van der Waals surface area (Å²) in [7, 11) is 0. The number of rotatable bonds is 3. The maximum Gasteiger partial charge on any atom is 0.256 e. The number of carbonyl (C=O) groups is 2. The van der Waals surface area contributed by atoms with E-state index in [9.17, 15) is 9.59 Å². The molecule has 0 fully saturated rings. The number of aryl methyl sites for hydroxylation is 2. The van der Waals surface area contributed by atoms with Gasteiger partial charge in [-0.3, -0.25) is 9.59 Å². The number of hydrogen-bond donors (Lipinski definition) is 2. The van der Waals surface area contributed by atoms with E-state index in [4.69, 9.17) is 5.73 Å². The maximum atomic E-state index is 12.1. The summed E-state index contributed by atoms with van der Waals surface area (Å²) in [6, 6.07) is 9.95. The van der Waals surface area contributed by atoms with Crippen molar-refractivity contribution < 1.29 is 9.59 Å². The molecule has 1 heterocycles. The third-order valence-electron chi connectivity index (χ3n) is 2.75. The quantitative estimate of drug-likeness (QED) is 0.894. The van der Waals surface area contributed by atoms with Crippen LogP contribution >= 0.6 is 0 Å². The number of nitrogens with one attached hydrogen (secondary N) is 1. The molecule has 0 unspecified atom stereocenters. The standard InChI is InChI=1S/C15H15N3O2/c1-9-6-10(2)17-13(7-9)18-15(20)12-5-3-4-11(8-12)14(16)19/h3-8H,1-2H3,(H2,16,19)(H,17,18,20). The van der Waals surface area contributed by atoms with Crippen molar-refractivity contribution in [2.24, 2.45) is 5.73 Å². The minimum Gasteiger partial charge on any atom is -0.366 e. The zero-order chi connectivity index (χ0) is 14.7. The summed E-state index contributed by atoms with van der Waals surface area (Å²) in [4.78, 5) is 27.4. The second kappa shape index (κ2) is 5.52. The lowest BCUT2D eigenvalue weighted by Crippen LogP contribution is -2.16. The Morgan fingerprint density at radius 2 is 1.80 bits per heavy atom. The van der Waals surface area contributed by atoms with Crippen LogP contribution in [0.3, 0.4) is 0 Å². The number of nitrogens with zero attached hydrogens (tertiary/aromatic N) is 1. The Bertz CT molecular complexity index is 660. The van der Waals surface area contributed by atoms with Crippen molar-refractivity contribution >= 4 is 17.6 Å². The van der Waals surface area contributed by atoms with Crippen LogP contribution in [0.5, 0.6) is 0 Å². The number of carbonyl (C=O) groups excluding carboxylic acids is 2. The minimum atomic E-state index is -0.566. The van der Waals surface area contributed by atoms with Crippen molar-refractivity contribution in [1.29, 1.82) is 0 Å². The van der Waals surface area contributed by atoms with Crippen LogP contribution in [0.4, 0.5) is 5.82 Å². The Morgan fingerprint density at radius 3 is 2.45 bits per heavy atom. The smallest absolute Gasteiger partial charge is 0.256 e. The fraction of sp³-hybridized carbons (Fsp3) is 0.133. The Morgan fingerprint density at radius 1 is 1.10 bits per heavy atom. The third kappa shape index (κ3) is 3.20. The zero-order valence-electron chi connectivity index (χ0n) is 11.3. The fourth-order valence-electron chi connectivity index (χ4n) is 1.91. The van der Waals surface area contributed by atoms with Gasteiger partial charge in [0.2, 0.25) is 5.91 Å². The predicted octanol–water partition coefficient (Wildman–Crippen LogP) is 2.05. The molecule has 0 saturated heterocycles. The summed E-state index contributed by atoms with van der Waals surface area (Å²) in [5, 5.41) is 2.70. The highest BCUT2D eigenvalue weighted by Gasteiger charge is 2.09. The molecule has 0 saturated carbocycles. The highest BCUT2D eigenvalue weighted by Crippen LogP contribution is 2.12. The van der Waals surface area contributed by atoms with E-state index < -0.39 is 5.91 Å².